The molecule has 1 aromatic rings. The Labute approximate surface area is 120 Å². The molecular weight excluding hydrogens is 252 g/mol. The Morgan fingerprint density at radius 1 is 1.25 bits per heavy atom. The van der Waals surface area contributed by atoms with Crippen molar-refractivity contribution in [2.45, 2.75) is 31.3 Å². The van der Waals surface area contributed by atoms with E-state index in [1.54, 1.807) is 7.11 Å². The Bertz CT molecular complexity index is 503. The van der Waals surface area contributed by atoms with Gasteiger partial charge in [0.2, 0.25) is 0 Å². The summed E-state index contributed by atoms with van der Waals surface area (Å²) in [5.74, 6) is 0.904. The van der Waals surface area contributed by atoms with Gasteiger partial charge in [0.1, 0.15) is 5.75 Å². The normalized spacial score (nSPS) is 26.4. The number of carbonyl (C=O) groups excluding carboxylic acids is 1. The summed E-state index contributed by atoms with van der Waals surface area (Å²) in [6.07, 6.45) is 3.36. The van der Waals surface area contributed by atoms with Gasteiger partial charge < -0.3 is 14.5 Å². The van der Waals surface area contributed by atoms with Gasteiger partial charge in [-0.3, -0.25) is 4.79 Å². The van der Waals surface area contributed by atoms with Crippen LogP contribution >= 0.6 is 0 Å². The molecule has 2 heterocycles. The van der Waals surface area contributed by atoms with Gasteiger partial charge in [-0.15, -0.1) is 0 Å². The number of benzene rings is 1. The summed E-state index contributed by atoms with van der Waals surface area (Å²) in [5, 5.41) is 0. The number of methoxy groups -OCH3 is 1. The van der Waals surface area contributed by atoms with Crippen molar-refractivity contribution < 1.29 is 9.53 Å². The average Bonchev–Trinajstić information content (AvgIpc) is 2.78. The highest BCUT2D eigenvalue weighted by molar-refractivity contribution is 5.95. The van der Waals surface area contributed by atoms with Gasteiger partial charge in [0.05, 0.1) is 7.11 Å². The zero-order valence-electron chi connectivity index (χ0n) is 12.2. The monoisotopic (exact) mass is 274 g/mol. The van der Waals surface area contributed by atoms with E-state index in [4.69, 9.17) is 4.74 Å². The largest absolute Gasteiger partial charge is 0.497 e. The van der Waals surface area contributed by atoms with Gasteiger partial charge in [-0.2, -0.15) is 0 Å². The van der Waals surface area contributed by atoms with Crippen molar-refractivity contribution in [3.8, 4) is 5.75 Å². The first kappa shape index (κ1) is 13.4. The molecule has 20 heavy (non-hydrogen) atoms. The summed E-state index contributed by atoms with van der Waals surface area (Å²) in [6, 6.07) is 8.27. The molecule has 0 saturated carbocycles. The number of hydrogen-bond donors (Lipinski definition) is 0. The third kappa shape index (κ3) is 2.40. The number of ether oxygens (including phenoxy) is 1. The zero-order valence-corrected chi connectivity index (χ0v) is 12.2. The number of hydrogen-bond acceptors (Lipinski definition) is 3. The molecule has 0 radical (unpaired) electrons. The maximum absolute atomic E-state index is 12.8. The Morgan fingerprint density at radius 3 is 2.85 bits per heavy atom. The molecule has 2 aliphatic rings. The van der Waals surface area contributed by atoms with Crippen molar-refractivity contribution in [2.24, 2.45) is 0 Å². The number of likely N-dealkylation sites (tertiary alicyclic amines) is 1. The van der Waals surface area contributed by atoms with E-state index in [0.29, 0.717) is 12.1 Å². The van der Waals surface area contributed by atoms with Crippen molar-refractivity contribution in [2.75, 3.05) is 27.2 Å². The van der Waals surface area contributed by atoms with Crippen LogP contribution in [0.2, 0.25) is 0 Å². The molecule has 1 unspecified atom stereocenters. The van der Waals surface area contributed by atoms with Gasteiger partial charge in [0.25, 0.3) is 5.91 Å². The molecule has 4 heteroatoms. The lowest BCUT2D eigenvalue weighted by atomic mass is 10.1. The van der Waals surface area contributed by atoms with Crippen molar-refractivity contribution in [1.82, 2.24) is 9.80 Å². The quantitative estimate of drug-likeness (QED) is 0.827. The van der Waals surface area contributed by atoms with E-state index >= 15 is 0 Å². The maximum atomic E-state index is 12.8. The standard InChI is InChI=1S/C16H22N2O2/c1-17-9-8-13-6-7-14(11-17)18(13)16(19)12-4-3-5-15(10-12)20-2/h3-5,10,13-14H,6-9,11H2,1-2H3/t13?,14-/m1/s1. The Hall–Kier alpha value is -1.55. The van der Waals surface area contributed by atoms with E-state index in [0.717, 1.165) is 43.7 Å². The second kappa shape index (κ2) is 5.44. The van der Waals surface area contributed by atoms with Crippen LogP contribution in [0.25, 0.3) is 0 Å². The lowest BCUT2D eigenvalue weighted by Crippen LogP contribution is -2.42. The van der Waals surface area contributed by atoms with Gasteiger partial charge in [-0.1, -0.05) is 6.07 Å². The molecule has 2 fully saturated rings. The lowest BCUT2D eigenvalue weighted by Gasteiger charge is -2.28. The maximum Gasteiger partial charge on any atom is 0.254 e. The summed E-state index contributed by atoms with van der Waals surface area (Å²) in [7, 11) is 3.78. The average molecular weight is 274 g/mol. The summed E-state index contributed by atoms with van der Waals surface area (Å²) in [6.45, 7) is 2.08. The molecule has 3 rings (SSSR count). The highest BCUT2D eigenvalue weighted by atomic mass is 16.5. The second-order valence-electron chi connectivity index (χ2n) is 5.88. The Morgan fingerprint density at radius 2 is 2.05 bits per heavy atom. The van der Waals surface area contributed by atoms with Gasteiger partial charge in [-0.25, -0.2) is 0 Å². The molecule has 0 aromatic heterocycles. The minimum absolute atomic E-state index is 0.159. The molecule has 2 saturated heterocycles. The zero-order chi connectivity index (χ0) is 14.1. The first-order chi connectivity index (χ1) is 9.69. The van der Waals surface area contributed by atoms with E-state index in [1.165, 1.54) is 0 Å². The summed E-state index contributed by atoms with van der Waals surface area (Å²) < 4.78 is 5.22. The first-order valence-corrected chi connectivity index (χ1v) is 7.34. The van der Waals surface area contributed by atoms with E-state index in [9.17, 15) is 4.79 Å². The van der Waals surface area contributed by atoms with Gasteiger partial charge >= 0.3 is 0 Å². The second-order valence-corrected chi connectivity index (χ2v) is 5.88. The van der Waals surface area contributed by atoms with Crippen LogP contribution in [-0.2, 0) is 0 Å². The summed E-state index contributed by atoms with van der Waals surface area (Å²) >= 11 is 0. The molecular formula is C16H22N2O2. The molecule has 0 spiro atoms. The molecule has 108 valence electrons. The molecule has 2 atom stereocenters. The number of fused-ring (bicyclic) bond motifs is 2. The van der Waals surface area contributed by atoms with E-state index in [2.05, 4.69) is 16.8 Å². The van der Waals surface area contributed by atoms with Crippen LogP contribution in [0.3, 0.4) is 0 Å². The SMILES string of the molecule is COc1cccc(C(=O)N2C3CC[C@@H]2CN(C)CC3)c1. The van der Waals surface area contributed by atoms with Crippen LogP contribution < -0.4 is 4.74 Å². The molecule has 2 bridgehead atoms. The number of rotatable bonds is 2. The van der Waals surface area contributed by atoms with Gasteiger partial charge in [-0.05, 0) is 51.1 Å². The van der Waals surface area contributed by atoms with Crippen molar-refractivity contribution >= 4 is 5.91 Å². The molecule has 4 nitrogen and oxygen atoms in total. The molecule has 0 N–H and O–H groups in total. The van der Waals surface area contributed by atoms with Gasteiger partial charge in [0, 0.05) is 24.2 Å². The smallest absolute Gasteiger partial charge is 0.254 e. The van der Waals surface area contributed by atoms with Crippen LogP contribution in [0.15, 0.2) is 24.3 Å². The van der Waals surface area contributed by atoms with E-state index < -0.39 is 0 Å². The van der Waals surface area contributed by atoms with E-state index in [-0.39, 0.29) is 5.91 Å². The number of likely N-dealkylation sites (N-methyl/N-ethyl adjacent to an activating group) is 1. The molecule has 2 aliphatic heterocycles. The van der Waals surface area contributed by atoms with Crippen LogP contribution in [-0.4, -0.2) is 55.0 Å². The third-order valence-corrected chi connectivity index (χ3v) is 4.54. The highest BCUT2D eigenvalue weighted by Crippen LogP contribution is 2.31. The van der Waals surface area contributed by atoms with E-state index in [1.807, 2.05) is 24.3 Å². The van der Waals surface area contributed by atoms with Crippen molar-refractivity contribution in [3.63, 3.8) is 0 Å². The van der Waals surface area contributed by atoms with Crippen LogP contribution in [0.1, 0.15) is 29.6 Å². The van der Waals surface area contributed by atoms with Crippen molar-refractivity contribution in [3.05, 3.63) is 29.8 Å². The summed E-state index contributed by atoms with van der Waals surface area (Å²) in [4.78, 5) is 17.3. The van der Waals surface area contributed by atoms with Gasteiger partial charge in [0.15, 0.2) is 0 Å². The molecule has 1 amide bonds. The summed E-state index contributed by atoms with van der Waals surface area (Å²) in [5.41, 5.74) is 0.741. The predicted molar refractivity (Wildman–Crippen MR) is 78.1 cm³/mol. The Balaban J connectivity index is 1.85. The minimum atomic E-state index is 0.159. The first-order valence-electron chi connectivity index (χ1n) is 7.34. The fourth-order valence-electron chi connectivity index (χ4n) is 3.48. The Kier molecular flexibility index (Phi) is 3.66. The molecule has 0 aliphatic carbocycles. The fraction of sp³-hybridized carbons (Fsp3) is 0.562. The van der Waals surface area contributed by atoms with Crippen LogP contribution in [0.4, 0.5) is 0 Å². The number of nitrogens with zero attached hydrogens (tertiary/aromatic N) is 2. The third-order valence-electron chi connectivity index (χ3n) is 4.54. The predicted octanol–water partition coefficient (Wildman–Crippen LogP) is 2.00. The number of amides is 1. The fourth-order valence-corrected chi connectivity index (χ4v) is 3.48. The number of carbonyl (C=O) groups is 1. The highest BCUT2D eigenvalue weighted by Gasteiger charge is 2.39. The lowest BCUT2D eigenvalue weighted by molar-refractivity contribution is 0.0673. The van der Waals surface area contributed by atoms with Crippen molar-refractivity contribution in [1.29, 1.82) is 0 Å². The minimum Gasteiger partial charge on any atom is -0.497 e. The topological polar surface area (TPSA) is 32.8 Å². The van der Waals surface area contributed by atoms with Crippen LogP contribution in [0, 0.1) is 0 Å². The molecule has 1 aromatic carbocycles. The van der Waals surface area contributed by atoms with Crippen LogP contribution in [0.5, 0.6) is 5.75 Å².